The molecule has 1 aromatic heterocycles. The van der Waals surface area contributed by atoms with Gasteiger partial charge in [-0.1, -0.05) is 18.2 Å². The van der Waals surface area contributed by atoms with Crippen molar-refractivity contribution in [1.82, 2.24) is 14.9 Å². The molecule has 110 valence electrons. The maximum Gasteiger partial charge on any atom is 0.129 e. The monoisotopic (exact) mass is 284 g/mol. The summed E-state index contributed by atoms with van der Waals surface area (Å²) in [7, 11) is 0. The molecule has 1 aliphatic rings. The van der Waals surface area contributed by atoms with Gasteiger partial charge in [0, 0.05) is 31.9 Å². The average Bonchev–Trinajstić information content (AvgIpc) is 2.97. The summed E-state index contributed by atoms with van der Waals surface area (Å²) in [4.78, 5) is 10.5. The number of rotatable bonds is 6. The Kier molecular flexibility index (Phi) is 4.63. The number of hydrogen-bond acceptors (Lipinski definition) is 5. The molecule has 21 heavy (non-hydrogen) atoms. The SMILES string of the molecule is c1ccc(OCCN2CCC(Nc3ccncn3)C2)cc1. The van der Waals surface area contributed by atoms with Crippen LogP contribution in [0.25, 0.3) is 0 Å². The van der Waals surface area contributed by atoms with Gasteiger partial charge in [0.2, 0.25) is 0 Å². The number of hydrogen-bond donors (Lipinski definition) is 1. The van der Waals surface area contributed by atoms with E-state index in [1.165, 1.54) is 0 Å². The van der Waals surface area contributed by atoms with Crippen LogP contribution in [0.15, 0.2) is 48.9 Å². The molecule has 2 aromatic rings. The zero-order valence-corrected chi connectivity index (χ0v) is 12.0. The van der Waals surface area contributed by atoms with E-state index in [4.69, 9.17) is 4.74 Å². The van der Waals surface area contributed by atoms with E-state index in [1.807, 2.05) is 36.4 Å². The highest BCUT2D eigenvalue weighted by atomic mass is 16.5. The molecule has 1 aliphatic heterocycles. The van der Waals surface area contributed by atoms with E-state index < -0.39 is 0 Å². The van der Waals surface area contributed by atoms with E-state index in [-0.39, 0.29) is 0 Å². The summed E-state index contributed by atoms with van der Waals surface area (Å²) in [6, 6.07) is 12.3. The van der Waals surface area contributed by atoms with Gasteiger partial charge in [0.05, 0.1) is 0 Å². The summed E-state index contributed by atoms with van der Waals surface area (Å²) in [6.45, 7) is 3.81. The lowest BCUT2D eigenvalue weighted by Crippen LogP contribution is -2.29. The number of aromatic nitrogens is 2. The second-order valence-electron chi connectivity index (χ2n) is 5.19. The van der Waals surface area contributed by atoms with Crippen molar-refractivity contribution in [3.8, 4) is 5.75 Å². The third-order valence-corrected chi connectivity index (χ3v) is 3.63. The number of nitrogens with one attached hydrogen (secondary N) is 1. The van der Waals surface area contributed by atoms with Gasteiger partial charge in [0.25, 0.3) is 0 Å². The van der Waals surface area contributed by atoms with Crippen molar-refractivity contribution in [2.24, 2.45) is 0 Å². The van der Waals surface area contributed by atoms with Crippen molar-refractivity contribution >= 4 is 5.82 Å². The van der Waals surface area contributed by atoms with Crippen molar-refractivity contribution in [1.29, 1.82) is 0 Å². The zero-order valence-electron chi connectivity index (χ0n) is 12.0. The third-order valence-electron chi connectivity index (χ3n) is 3.63. The smallest absolute Gasteiger partial charge is 0.129 e. The molecule has 1 aromatic carbocycles. The zero-order chi connectivity index (χ0) is 14.3. The standard InChI is InChI=1S/C16H20N4O/c1-2-4-15(5-3-1)21-11-10-20-9-7-14(12-20)19-16-6-8-17-13-18-16/h1-6,8,13-14H,7,9-12H2,(H,17,18,19). The first-order chi connectivity index (χ1) is 10.4. The normalized spacial score (nSPS) is 18.6. The number of likely N-dealkylation sites (tertiary alicyclic amines) is 1. The molecule has 1 saturated heterocycles. The second-order valence-corrected chi connectivity index (χ2v) is 5.19. The summed E-state index contributed by atoms with van der Waals surface area (Å²) >= 11 is 0. The Balaban J connectivity index is 1.39. The van der Waals surface area contributed by atoms with Gasteiger partial charge in [-0.2, -0.15) is 0 Å². The van der Waals surface area contributed by atoms with Gasteiger partial charge in [-0.15, -0.1) is 0 Å². The van der Waals surface area contributed by atoms with E-state index in [2.05, 4.69) is 20.2 Å². The van der Waals surface area contributed by atoms with Gasteiger partial charge in [-0.3, -0.25) is 4.90 Å². The van der Waals surface area contributed by atoms with Gasteiger partial charge in [-0.25, -0.2) is 9.97 Å². The van der Waals surface area contributed by atoms with Crippen LogP contribution in [-0.2, 0) is 0 Å². The topological polar surface area (TPSA) is 50.3 Å². The van der Waals surface area contributed by atoms with Gasteiger partial charge in [-0.05, 0) is 24.6 Å². The van der Waals surface area contributed by atoms with Crippen LogP contribution in [0.1, 0.15) is 6.42 Å². The minimum Gasteiger partial charge on any atom is -0.492 e. The number of ether oxygens (including phenoxy) is 1. The first-order valence-corrected chi connectivity index (χ1v) is 7.33. The van der Waals surface area contributed by atoms with E-state index >= 15 is 0 Å². The van der Waals surface area contributed by atoms with Crippen LogP contribution in [0.4, 0.5) is 5.82 Å². The van der Waals surface area contributed by atoms with Gasteiger partial charge in [0.1, 0.15) is 24.5 Å². The maximum absolute atomic E-state index is 5.74. The average molecular weight is 284 g/mol. The molecule has 2 heterocycles. The van der Waals surface area contributed by atoms with Gasteiger partial charge in [0.15, 0.2) is 0 Å². The molecule has 0 aliphatic carbocycles. The largest absolute Gasteiger partial charge is 0.492 e. The first kappa shape index (κ1) is 13.8. The molecule has 5 nitrogen and oxygen atoms in total. The van der Waals surface area contributed by atoms with Gasteiger partial charge >= 0.3 is 0 Å². The Morgan fingerprint density at radius 1 is 1.24 bits per heavy atom. The van der Waals surface area contributed by atoms with E-state index in [0.29, 0.717) is 6.04 Å². The number of para-hydroxylation sites is 1. The van der Waals surface area contributed by atoms with Crippen LogP contribution in [0.2, 0.25) is 0 Å². The highest BCUT2D eigenvalue weighted by molar-refractivity contribution is 5.33. The molecule has 1 N–H and O–H groups in total. The van der Waals surface area contributed by atoms with Crippen molar-refractivity contribution in [3.63, 3.8) is 0 Å². The maximum atomic E-state index is 5.74. The summed E-state index contributed by atoms with van der Waals surface area (Å²) in [6.07, 6.45) is 4.47. The van der Waals surface area contributed by atoms with Crippen molar-refractivity contribution in [2.45, 2.75) is 12.5 Å². The number of anilines is 1. The van der Waals surface area contributed by atoms with Crippen LogP contribution in [-0.4, -0.2) is 47.2 Å². The van der Waals surface area contributed by atoms with Crippen molar-refractivity contribution < 1.29 is 4.74 Å². The summed E-state index contributed by atoms with van der Waals surface area (Å²) in [5.74, 6) is 1.84. The lowest BCUT2D eigenvalue weighted by Gasteiger charge is -2.17. The molecule has 3 rings (SSSR count). The minimum atomic E-state index is 0.455. The molecule has 1 unspecified atom stereocenters. The fourth-order valence-corrected chi connectivity index (χ4v) is 2.55. The quantitative estimate of drug-likeness (QED) is 0.879. The molecule has 0 spiro atoms. The van der Waals surface area contributed by atoms with Crippen LogP contribution < -0.4 is 10.1 Å². The third kappa shape index (κ3) is 4.16. The summed E-state index contributed by atoms with van der Waals surface area (Å²) < 4.78 is 5.74. The Labute approximate surface area is 125 Å². The van der Waals surface area contributed by atoms with Crippen LogP contribution >= 0.6 is 0 Å². The Hall–Kier alpha value is -2.14. The van der Waals surface area contributed by atoms with Crippen LogP contribution in [0.5, 0.6) is 5.75 Å². The lowest BCUT2D eigenvalue weighted by molar-refractivity contribution is 0.237. The van der Waals surface area contributed by atoms with Crippen LogP contribution in [0, 0.1) is 0 Å². The summed E-state index contributed by atoms with van der Waals surface area (Å²) in [5.41, 5.74) is 0. The number of nitrogens with zero attached hydrogens (tertiary/aromatic N) is 3. The van der Waals surface area contributed by atoms with E-state index in [1.54, 1.807) is 12.5 Å². The Bertz CT molecular complexity index is 534. The molecule has 0 bridgehead atoms. The molecule has 0 saturated carbocycles. The van der Waals surface area contributed by atoms with Crippen molar-refractivity contribution in [2.75, 3.05) is 31.6 Å². The highest BCUT2D eigenvalue weighted by Gasteiger charge is 2.22. The van der Waals surface area contributed by atoms with Crippen LogP contribution in [0.3, 0.4) is 0 Å². The fourth-order valence-electron chi connectivity index (χ4n) is 2.55. The Morgan fingerprint density at radius 3 is 2.95 bits per heavy atom. The molecule has 1 atom stereocenters. The molecule has 1 fully saturated rings. The van der Waals surface area contributed by atoms with Gasteiger partial charge < -0.3 is 10.1 Å². The predicted molar refractivity (Wildman–Crippen MR) is 82.4 cm³/mol. The lowest BCUT2D eigenvalue weighted by atomic mass is 10.2. The van der Waals surface area contributed by atoms with Crippen molar-refractivity contribution in [3.05, 3.63) is 48.9 Å². The predicted octanol–water partition coefficient (Wildman–Crippen LogP) is 2.04. The molecule has 0 amide bonds. The molecule has 0 radical (unpaired) electrons. The summed E-state index contributed by atoms with van der Waals surface area (Å²) in [5, 5.41) is 3.45. The molecule has 5 heteroatoms. The Morgan fingerprint density at radius 2 is 2.14 bits per heavy atom. The molecular formula is C16H20N4O. The number of benzene rings is 1. The molecular weight excluding hydrogens is 264 g/mol. The van der Waals surface area contributed by atoms with E-state index in [9.17, 15) is 0 Å². The second kappa shape index (κ2) is 7.04. The van der Waals surface area contributed by atoms with E-state index in [0.717, 1.165) is 44.2 Å². The first-order valence-electron chi connectivity index (χ1n) is 7.33. The fraction of sp³-hybridized carbons (Fsp3) is 0.375. The highest BCUT2D eigenvalue weighted by Crippen LogP contribution is 2.14. The minimum absolute atomic E-state index is 0.455.